The molecule has 0 aliphatic carbocycles. The molecule has 261 valence electrons. The van der Waals surface area contributed by atoms with Gasteiger partial charge in [0.1, 0.15) is 0 Å². The monoisotopic (exact) mass is 865 g/mol. The topological polar surface area (TPSA) is 43.9 Å². The van der Waals surface area contributed by atoms with E-state index in [1.165, 1.54) is 5.56 Å². The average Bonchev–Trinajstić information content (AvgIpc) is 3.80. The maximum atomic E-state index is 8.65. The maximum absolute atomic E-state index is 8.65. The van der Waals surface area contributed by atoms with Crippen LogP contribution in [0.15, 0.2) is 168 Å². The van der Waals surface area contributed by atoms with E-state index in [9.17, 15) is 0 Å². The molecule has 0 saturated heterocycles. The summed E-state index contributed by atoms with van der Waals surface area (Å²) in [5, 5.41) is 0.897. The molecular formula is C48H37IrN3O-2. The van der Waals surface area contributed by atoms with Crippen molar-refractivity contribution in [2.24, 2.45) is 0 Å². The smallest absolute Gasteiger partial charge is 0.0774 e. The number of aryl methyl sites for hydroxylation is 1. The Labute approximate surface area is 325 Å². The van der Waals surface area contributed by atoms with Crippen LogP contribution in [0.1, 0.15) is 32.2 Å². The predicted octanol–water partition coefficient (Wildman–Crippen LogP) is 12.6. The molecule has 0 atom stereocenters. The van der Waals surface area contributed by atoms with Crippen LogP contribution in [0, 0.1) is 19.3 Å². The third-order valence-corrected chi connectivity index (χ3v) is 9.17. The number of nitrogens with zero attached hydrogens (tertiary/aromatic N) is 3. The molecule has 0 N–H and O–H groups in total. The summed E-state index contributed by atoms with van der Waals surface area (Å²) >= 11 is 0. The molecule has 53 heavy (non-hydrogen) atoms. The molecule has 0 fully saturated rings. The van der Waals surface area contributed by atoms with Crippen LogP contribution in [0.25, 0.3) is 72.6 Å². The molecule has 6 aromatic carbocycles. The van der Waals surface area contributed by atoms with Crippen molar-refractivity contribution in [3.63, 3.8) is 0 Å². The molecule has 5 heteroatoms. The number of para-hydroxylation sites is 2. The second kappa shape index (κ2) is 15.8. The fraction of sp³-hybridized carbons (Fsp3) is 0.0833. The Bertz CT molecular complexity index is 2550. The van der Waals surface area contributed by atoms with Gasteiger partial charge in [-0.3, -0.25) is 4.98 Å². The minimum atomic E-state index is -0.749. The summed E-state index contributed by atoms with van der Waals surface area (Å²) in [5.41, 5.74) is 13.0. The van der Waals surface area contributed by atoms with E-state index >= 15 is 0 Å². The number of pyridine rings is 1. The standard InChI is InChI=1S/C37H29N2O.C11H8N.Ir/c1-24(2)28-18-19-35-31(22-28)32(23-40-35)37-38-33-16-10-11-17-34(33)39(37)36-29(26-12-6-4-7-13-26)20-25(3)21-30(36)27-14-8-5-9-15-27;1-2-6-10(7-3-1)11-8-4-5-9-12-11;/h4-22,24H,1-3H3;1-6,8-9H;/q2*-1;/i24D;;. The predicted molar refractivity (Wildman–Crippen MR) is 213 cm³/mol. The number of fused-ring (bicyclic) bond motifs is 2. The van der Waals surface area contributed by atoms with Gasteiger partial charge in [0.2, 0.25) is 0 Å². The van der Waals surface area contributed by atoms with Crippen LogP contribution in [0.5, 0.6) is 0 Å². The van der Waals surface area contributed by atoms with Crippen molar-refractivity contribution < 1.29 is 25.9 Å². The Balaban J connectivity index is 0.000000294. The number of benzene rings is 6. The van der Waals surface area contributed by atoms with Crippen molar-refractivity contribution in [2.45, 2.75) is 26.7 Å². The molecule has 9 rings (SSSR count). The van der Waals surface area contributed by atoms with Gasteiger partial charge in [0.05, 0.1) is 22.5 Å². The number of hydrogen-bond donors (Lipinski definition) is 0. The van der Waals surface area contributed by atoms with Crippen molar-refractivity contribution in [3.8, 4) is 50.6 Å². The zero-order valence-corrected chi connectivity index (χ0v) is 32.1. The van der Waals surface area contributed by atoms with Crippen LogP contribution < -0.4 is 0 Å². The van der Waals surface area contributed by atoms with E-state index in [4.69, 9.17) is 10.8 Å². The molecule has 9 aromatic rings. The van der Waals surface area contributed by atoms with E-state index in [0.29, 0.717) is 0 Å². The van der Waals surface area contributed by atoms with Crippen LogP contribution >= 0.6 is 0 Å². The first-order valence-electron chi connectivity index (χ1n) is 17.9. The second-order valence-corrected chi connectivity index (χ2v) is 13.0. The van der Waals surface area contributed by atoms with E-state index in [1.54, 1.807) is 6.20 Å². The summed E-state index contributed by atoms with van der Waals surface area (Å²) in [6.07, 6.45) is 4.98. The largest absolute Gasteiger partial charge is 0.557 e. The summed E-state index contributed by atoms with van der Waals surface area (Å²) < 4.78 is 16.9. The summed E-state index contributed by atoms with van der Waals surface area (Å²) in [6, 6.07) is 56.6. The fourth-order valence-electron chi connectivity index (χ4n) is 6.64. The molecule has 3 heterocycles. The first-order chi connectivity index (χ1) is 25.8. The summed E-state index contributed by atoms with van der Waals surface area (Å²) in [7, 11) is 0. The summed E-state index contributed by atoms with van der Waals surface area (Å²) in [4.78, 5) is 9.41. The van der Waals surface area contributed by atoms with E-state index in [0.717, 1.165) is 78.2 Å². The third kappa shape index (κ3) is 7.27. The van der Waals surface area contributed by atoms with Gasteiger partial charge in [-0.05, 0) is 65.5 Å². The molecular weight excluding hydrogens is 827 g/mol. The van der Waals surface area contributed by atoms with Gasteiger partial charge in [-0.2, -0.15) is 0 Å². The quantitative estimate of drug-likeness (QED) is 0.156. The molecule has 0 bridgehead atoms. The van der Waals surface area contributed by atoms with Crippen molar-refractivity contribution in [1.29, 1.82) is 0 Å². The number of hydrogen-bond acceptors (Lipinski definition) is 3. The van der Waals surface area contributed by atoms with Crippen LogP contribution in [-0.2, 0) is 20.1 Å². The Hall–Kier alpha value is -5.87. The minimum absolute atomic E-state index is 0. The number of rotatable bonds is 6. The molecule has 3 aromatic heterocycles. The Morgan fingerprint density at radius 3 is 2.02 bits per heavy atom. The molecule has 0 spiro atoms. The second-order valence-electron chi connectivity index (χ2n) is 13.0. The number of aromatic nitrogens is 3. The molecule has 0 aliphatic rings. The third-order valence-electron chi connectivity index (χ3n) is 9.17. The van der Waals surface area contributed by atoms with Gasteiger partial charge in [-0.25, -0.2) is 0 Å². The maximum Gasteiger partial charge on any atom is 0.0774 e. The Kier molecular flexibility index (Phi) is 10.2. The van der Waals surface area contributed by atoms with Crippen molar-refractivity contribution in [2.75, 3.05) is 0 Å². The Morgan fingerprint density at radius 1 is 0.717 bits per heavy atom. The van der Waals surface area contributed by atoms with E-state index < -0.39 is 5.89 Å². The summed E-state index contributed by atoms with van der Waals surface area (Å²) in [6.45, 7) is 5.95. The molecule has 4 nitrogen and oxygen atoms in total. The average molecular weight is 865 g/mol. The molecule has 0 aliphatic heterocycles. The van der Waals surface area contributed by atoms with Gasteiger partial charge < -0.3 is 14.0 Å². The zero-order chi connectivity index (χ0) is 36.4. The SMILES string of the molecule is [2H]C(C)(C)c1ccc2o[c-]c(-c3nc4ccccc4n3-c3c(-c4ccccc4)cc(C)cc3-c3ccccc3)c2c1.[Ir].[c-]1ccccc1-c1ccccn1. The first-order valence-corrected chi connectivity index (χ1v) is 17.4. The van der Waals surface area contributed by atoms with Crippen molar-refractivity contribution >= 4 is 22.0 Å². The van der Waals surface area contributed by atoms with E-state index in [-0.39, 0.29) is 20.1 Å². The normalized spacial score (nSPS) is 11.4. The van der Waals surface area contributed by atoms with Crippen molar-refractivity contribution in [1.82, 2.24) is 14.5 Å². The van der Waals surface area contributed by atoms with Crippen LogP contribution in [-0.4, -0.2) is 14.5 Å². The number of imidazole rings is 1. The van der Waals surface area contributed by atoms with Crippen LogP contribution in [0.4, 0.5) is 0 Å². The first kappa shape index (κ1) is 34.2. The Morgan fingerprint density at radius 2 is 1.38 bits per heavy atom. The number of furan rings is 1. The minimum Gasteiger partial charge on any atom is -0.557 e. The zero-order valence-electron chi connectivity index (χ0n) is 30.7. The molecule has 0 saturated carbocycles. The molecule has 1 radical (unpaired) electrons. The summed E-state index contributed by atoms with van der Waals surface area (Å²) in [5.74, 6) is 0.00365. The van der Waals surface area contributed by atoms with Gasteiger partial charge in [0.15, 0.2) is 0 Å². The van der Waals surface area contributed by atoms with Crippen molar-refractivity contribution in [3.05, 3.63) is 187 Å². The van der Waals surface area contributed by atoms with Gasteiger partial charge in [0.25, 0.3) is 0 Å². The van der Waals surface area contributed by atoms with Crippen LogP contribution in [0.2, 0.25) is 0 Å². The van der Waals surface area contributed by atoms with Gasteiger partial charge in [-0.1, -0.05) is 133 Å². The van der Waals surface area contributed by atoms with E-state index in [1.807, 2.05) is 92.7 Å². The fourth-order valence-corrected chi connectivity index (χ4v) is 6.64. The van der Waals surface area contributed by atoms with Gasteiger partial charge >= 0.3 is 0 Å². The molecule has 0 unspecified atom stereocenters. The van der Waals surface area contributed by atoms with Gasteiger partial charge in [0, 0.05) is 50.6 Å². The molecule has 0 amide bonds. The van der Waals surface area contributed by atoms with Crippen LogP contribution in [0.3, 0.4) is 0 Å². The van der Waals surface area contributed by atoms with E-state index in [2.05, 4.69) is 108 Å². The van der Waals surface area contributed by atoms with Gasteiger partial charge in [-0.15, -0.1) is 35.9 Å².